The second kappa shape index (κ2) is 3.54. The Kier molecular flexibility index (Phi) is 0.852. The van der Waals surface area contributed by atoms with Gasteiger partial charge in [0.25, 0.3) is 0 Å². The third-order valence-corrected chi connectivity index (χ3v) is 3.62. The third kappa shape index (κ3) is 1.19. The molecule has 1 aliphatic rings. The number of rotatable bonds is 0. The van der Waals surface area contributed by atoms with E-state index in [0.29, 0.717) is 5.69 Å². The van der Waals surface area contributed by atoms with Crippen LogP contribution in [0.4, 0.5) is 0 Å². The van der Waals surface area contributed by atoms with Crippen LogP contribution in [0.3, 0.4) is 0 Å². The first-order chi connectivity index (χ1) is 14.1. The summed E-state index contributed by atoms with van der Waals surface area (Å²) in [5, 5.41) is 0.467. The maximum absolute atomic E-state index is 8.51. The molecule has 0 amide bonds. The van der Waals surface area contributed by atoms with Crippen LogP contribution in [0, 0.1) is 0 Å². The molecular weight excluding hydrogens is 244 g/mol. The molecule has 0 bridgehead atoms. The predicted molar refractivity (Wildman–Crippen MR) is 85.0 cm³/mol. The molecule has 1 unspecified atom stereocenters. The first kappa shape index (κ1) is 4.81. The van der Waals surface area contributed by atoms with Crippen molar-refractivity contribution in [2.45, 2.75) is 12.8 Å². The van der Waals surface area contributed by atoms with Crippen LogP contribution in [0.15, 0.2) is 42.3 Å². The number of benzene rings is 2. The van der Waals surface area contributed by atoms with E-state index >= 15 is 0 Å². The number of aryl methyl sites for hydroxylation is 1. The Morgan fingerprint density at radius 2 is 2.05 bits per heavy atom. The molecule has 0 saturated carbocycles. The fourth-order valence-corrected chi connectivity index (χ4v) is 2.74. The maximum Gasteiger partial charge on any atom is 0.167 e. The zero-order chi connectivity index (χ0) is 21.8. The molecule has 0 spiro atoms. The average molecular weight is 268 g/mol. The summed E-state index contributed by atoms with van der Waals surface area (Å²) in [5.74, 6) is 0. The Labute approximate surface area is 130 Å². The SMILES string of the molecule is [2H]C1=C([2H])C([2H])Cc2[nH]c3c(c([2H])c([2H])c4c3c3c([2H])c([2H])c([2H])c([2H])c3n4[2H])c21. The van der Waals surface area contributed by atoms with Crippen molar-refractivity contribution >= 4 is 38.8 Å². The van der Waals surface area contributed by atoms with Crippen LogP contribution in [-0.4, -0.2) is 9.96 Å². The topological polar surface area (TPSA) is 31.6 Å². The molecule has 96 valence electrons. The van der Waals surface area contributed by atoms with Crippen molar-refractivity contribution in [3.63, 3.8) is 0 Å². The summed E-state index contributed by atoms with van der Waals surface area (Å²) in [6.07, 6.45) is -0.815. The summed E-state index contributed by atoms with van der Waals surface area (Å²) in [4.78, 5) is 3.85. The zero-order valence-corrected chi connectivity index (χ0v) is 10.2. The van der Waals surface area contributed by atoms with Crippen LogP contribution >= 0.6 is 0 Å². The Bertz CT molecular complexity index is 1480. The highest BCUT2D eigenvalue weighted by atomic mass is 14.8. The van der Waals surface area contributed by atoms with Crippen LogP contribution in [0.5, 0.6) is 0 Å². The van der Waals surface area contributed by atoms with Gasteiger partial charge in [0.2, 0.25) is 0 Å². The van der Waals surface area contributed by atoms with Gasteiger partial charge in [0.15, 0.2) is 1.41 Å². The first-order valence-electron chi connectivity index (χ1n) is 11.3. The number of H-pyrrole nitrogens is 2. The molecule has 1 atom stereocenters. The molecule has 1 aliphatic carbocycles. The van der Waals surface area contributed by atoms with Gasteiger partial charge in [-0.2, -0.15) is 0 Å². The maximum atomic E-state index is 8.51. The number of fused-ring (bicyclic) bond motifs is 7. The Balaban J connectivity index is 2.13. The van der Waals surface area contributed by atoms with Crippen molar-refractivity contribution in [2.75, 3.05) is 0 Å². The van der Waals surface area contributed by atoms with Crippen molar-refractivity contribution in [3.05, 3.63) is 53.6 Å². The van der Waals surface area contributed by atoms with Crippen LogP contribution in [0.1, 0.15) is 30.0 Å². The lowest BCUT2D eigenvalue weighted by Gasteiger charge is -2.03. The molecule has 0 fully saturated rings. The number of hydrogen-bond acceptors (Lipinski definition) is 0. The van der Waals surface area contributed by atoms with E-state index in [-0.39, 0.29) is 74.9 Å². The molecule has 2 N–H and O–H groups in total. The third-order valence-electron chi connectivity index (χ3n) is 3.62. The quantitative estimate of drug-likeness (QED) is 0.461. The molecular formula is C18H14N2. The van der Waals surface area contributed by atoms with E-state index in [1.807, 2.05) is 0 Å². The molecule has 0 saturated heterocycles. The zero-order valence-electron chi connectivity index (χ0n) is 20.2. The molecule has 4 aromatic rings. The number of allylic oxidation sites excluding steroid dienone is 1. The molecule has 2 nitrogen and oxygen atoms in total. The lowest BCUT2D eigenvalue weighted by molar-refractivity contribution is 0.951. The lowest BCUT2D eigenvalue weighted by Crippen LogP contribution is -1.90. The van der Waals surface area contributed by atoms with Gasteiger partial charge in [0.05, 0.1) is 16.5 Å². The minimum atomic E-state index is -0.937. The largest absolute Gasteiger partial charge is 0.357 e. The van der Waals surface area contributed by atoms with Gasteiger partial charge in [-0.05, 0) is 24.9 Å². The highest BCUT2D eigenvalue weighted by Crippen LogP contribution is 2.36. The van der Waals surface area contributed by atoms with Crippen molar-refractivity contribution < 1.29 is 13.7 Å². The normalized spacial score (nSPS) is 26.1. The van der Waals surface area contributed by atoms with E-state index < -0.39 is 24.5 Å². The fourth-order valence-electron chi connectivity index (χ4n) is 2.74. The molecule has 5 rings (SSSR count). The first-order valence-corrected chi connectivity index (χ1v) is 6.25. The second-order valence-electron chi connectivity index (χ2n) is 4.72. The van der Waals surface area contributed by atoms with Crippen molar-refractivity contribution in [3.8, 4) is 0 Å². The van der Waals surface area contributed by atoms with Gasteiger partial charge in [-0.25, -0.2) is 0 Å². The predicted octanol–water partition coefficient (Wildman–Crippen LogP) is 4.76. The lowest BCUT2D eigenvalue weighted by atomic mass is 10.0. The van der Waals surface area contributed by atoms with Crippen molar-refractivity contribution in [2.24, 2.45) is 0 Å². The molecule has 2 aromatic carbocycles. The van der Waals surface area contributed by atoms with Crippen LogP contribution in [0.2, 0.25) is 1.41 Å². The van der Waals surface area contributed by atoms with Gasteiger partial charge in [0.1, 0.15) is 0 Å². The minimum Gasteiger partial charge on any atom is -0.357 e. The van der Waals surface area contributed by atoms with Gasteiger partial charge >= 0.3 is 0 Å². The molecule has 2 heterocycles. The van der Waals surface area contributed by atoms with Gasteiger partial charge in [-0.15, -0.1) is 0 Å². The Morgan fingerprint density at radius 3 is 3.05 bits per heavy atom. The van der Waals surface area contributed by atoms with Gasteiger partial charge in [-0.1, -0.05) is 36.3 Å². The fraction of sp³-hybridized carbons (Fsp3) is 0.111. The van der Waals surface area contributed by atoms with Gasteiger partial charge in [0, 0.05) is 39.8 Å². The number of nitrogens with one attached hydrogen (secondary N) is 2. The Hall–Kier alpha value is -2.48. The van der Waals surface area contributed by atoms with Gasteiger partial charge in [-0.3, -0.25) is 0 Å². The van der Waals surface area contributed by atoms with E-state index in [0.717, 1.165) is 4.98 Å². The summed E-state index contributed by atoms with van der Waals surface area (Å²) in [6, 6.07) is -2.70. The van der Waals surface area contributed by atoms with Crippen molar-refractivity contribution in [1.29, 1.82) is 0 Å². The van der Waals surface area contributed by atoms with E-state index in [2.05, 4.69) is 4.98 Å². The van der Waals surface area contributed by atoms with E-state index in [1.165, 1.54) is 0 Å². The standard InChI is InChI=1S/C18H14N2/c1-3-7-14-11(5-1)12-9-10-16-17(18(12)20-14)13-6-2-4-8-15(13)19-16/h1-2,4-6,8-10,19-20H,3,7H2/i1D,2D,3D,4D,5D,6D,8D,9D,10D/hD. The van der Waals surface area contributed by atoms with E-state index in [9.17, 15) is 0 Å². The van der Waals surface area contributed by atoms with Crippen LogP contribution < -0.4 is 0 Å². The van der Waals surface area contributed by atoms with Crippen molar-refractivity contribution in [1.82, 2.24) is 9.96 Å². The second-order valence-corrected chi connectivity index (χ2v) is 4.72. The molecule has 20 heavy (non-hydrogen) atoms. The summed E-state index contributed by atoms with van der Waals surface area (Å²) in [5.41, 5.74) is 0.898. The minimum absolute atomic E-state index is 0.0304. The highest BCUT2D eigenvalue weighted by molar-refractivity contribution is 6.20. The average Bonchev–Trinajstić information content (AvgIpc) is 3.23. The number of para-hydroxylation sites is 1. The molecule has 2 heteroatoms. The van der Waals surface area contributed by atoms with E-state index in [1.54, 1.807) is 0 Å². The molecule has 0 aliphatic heterocycles. The highest BCUT2D eigenvalue weighted by Gasteiger charge is 2.15. The monoisotopic (exact) mass is 268 g/mol. The summed E-state index contributed by atoms with van der Waals surface area (Å²) >= 11 is 0. The summed E-state index contributed by atoms with van der Waals surface area (Å²) < 4.78 is 82.3. The van der Waals surface area contributed by atoms with Crippen LogP contribution in [-0.2, 0) is 6.42 Å². The smallest absolute Gasteiger partial charge is 0.167 e. The molecule has 2 aromatic heterocycles. The van der Waals surface area contributed by atoms with E-state index in [4.69, 9.17) is 13.7 Å². The number of aromatic amines is 2. The van der Waals surface area contributed by atoms with Crippen LogP contribution in [0.25, 0.3) is 38.8 Å². The molecule has 0 radical (unpaired) electrons. The van der Waals surface area contributed by atoms with Gasteiger partial charge < -0.3 is 9.96 Å². The number of hydrogen-bond donors (Lipinski definition) is 2. The summed E-state index contributed by atoms with van der Waals surface area (Å²) in [6.45, 7) is 0. The number of aromatic nitrogens is 2. The summed E-state index contributed by atoms with van der Waals surface area (Å²) in [7, 11) is 0. The Morgan fingerprint density at radius 1 is 1.10 bits per heavy atom.